The van der Waals surface area contributed by atoms with Crippen molar-refractivity contribution in [1.29, 1.82) is 0 Å². The summed E-state index contributed by atoms with van der Waals surface area (Å²) < 4.78 is 0. The van der Waals surface area contributed by atoms with Crippen LogP contribution in [0.15, 0.2) is 27.6 Å². The van der Waals surface area contributed by atoms with E-state index in [4.69, 9.17) is 0 Å². The van der Waals surface area contributed by atoms with Crippen molar-refractivity contribution in [3.8, 4) is 0 Å². The molecule has 2 heterocycles. The van der Waals surface area contributed by atoms with Crippen molar-refractivity contribution in [2.45, 2.75) is 6.92 Å². The van der Waals surface area contributed by atoms with E-state index in [-0.39, 0.29) is 0 Å². The Balaban J connectivity index is 1.97. The Morgan fingerprint density at radius 2 is 2.57 bits per heavy atom. The normalized spacial score (nSPS) is 16.9. The zero-order chi connectivity index (χ0) is 9.80. The van der Waals surface area contributed by atoms with Crippen LogP contribution in [0.3, 0.4) is 0 Å². The van der Waals surface area contributed by atoms with Gasteiger partial charge in [-0.1, -0.05) is 17.8 Å². The van der Waals surface area contributed by atoms with Gasteiger partial charge in [-0.05, 0) is 18.4 Å². The number of hydrazone groups is 1. The molecule has 1 aliphatic rings. The molecule has 0 aliphatic carbocycles. The molecule has 1 aromatic heterocycles. The third-order valence-electron chi connectivity index (χ3n) is 1.78. The van der Waals surface area contributed by atoms with Crippen LogP contribution in [-0.4, -0.2) is 23.2 Å². The lowest BCUT2D eigenvalue weighted by Crippen LogP contribution is -2.13. The highest BCUT2D eigenvalue weighted by molar-refractivity contribution is 8.14. The second kappa shape index (κ2) is 4.61. The molecule has 0 unspecified atom stereocenters. The highest BCUT2D eigenvalue weighted by Gasteiger charge is 2.05. The Labute approximate surface area is 91.3 Å². The van der Waals surface area contributed by atoms with E-state index in [1.165, 1.54) is 4.88 Å². The zero-order valence-electron chi connectivity index (χ0n) is 7.86. The SMILES string of the molecule is C/C(=N\NC1=NCCS1)c1cccs1. The third-order valence-corrected chi connectivity index (χ3v) is 3.64. The lowest BCUT2D eigenvalue weighted by molar-refractivity contribution is 1.03. The Bertz CT molecular complexity index is 354. The van der Waals surface area contributed by atoms with Gasteiger partial charge in [0.1, 0.15) is 0 Å². The molecule has 0 fully saturated rings. The lowest BCUT2D eigenvalue weighted by Gasteiger charge is -1.99. The van der Waals surface area contributed by atoms with Crippen molar-refractivity contribution in [1.82, 2.24) is 5.43 Å². The first kappa shape index (κ1) is 9.73. The van der Waals surface area contributed by atoms with Crippen LogP contribution in [0.1, 0.15) is 11.8 Å². The van der Waals surface area contributed by atoms with E-state index in [1.54, 1.807) is 23.1 Å². The number of nitrogens with zero attached hydrogens (tertiary/aromatic N) is 2. The summed E-state index contributed by atoms with van der Waals surface area (Å²) in [7, 11) is 0. The second-order valence-electron chi connectivity index (χ2n) is 2.82. The largest absolute Gasteiger partial charge is 0.260 e. The number of nitrogens with one attached hydrogen (secondary N) is 1. The summed E-state index contributed by atoms with van der Waals surface area (Å²) in [6.45, 7) is 2.90. The smallest absolute Gasteiger partial charge is 0.177 e. The molecule has 14 heavy (non-hydrogen) atoms. The predicted molar refractivity (Wildman–Crippen MR) is 64.4 cm³/mol. The fourth-order valence-corrected chi connectivity index (χ4v) is 2.42. The summed E-state index contributed by atoms with van der Waals surface area (Å²) in [5.74, 6) is 1.07. The van der Waals surface area contributed by atoms with Crippen LogP contribution < -0.4 is 5.43 Å². The molecule has 0 saturated heterocycles. The van der Waals surface area contributed by atoms with E-state index in [0.717, 1.165) is 23.2 Å². The Morgan fingerprint density at radius 1 is 1.64 bits per heavy atom. The Morgan fingerprint density at radius 3 is 3.21 bits per heavy atom. The van der Waals surface area contributed by atoms with E-state index in [9.17, 15) is 0 Å². The monoisotopic (exact) mass is 225 g/mol. The first-order valence-corrected chi connectivity index (χ1v) is 6.24. The fourth-order valence-electron chi connectivity index (χ4n) is 1.07. The van der Waals surface area contributed by atoms with Crippen LogP contribution in [0, 0.1) is 0 Å². The molecule has 0 spiro atoms. The molecule has 0 aromatic carbocycles. The predicted octanol–water partition coefficient (Wildman–Crippen LogP) is 2.16. The summed E-state index contributed by atoms with van der Waals surface area (Å²) in [5.41, 5.74) is 3.99. The molecule has 0 atom stereocenters. The first-order valence-electron chi connectivity index (χ1n) is 4.38. The van der Waals surface area contributed by atoms with Crippen LogP contribution in [-0.2, 0) is 0 Å². The molecule has 74 valence electrons. The first-order chi connectivity index (χ1) is 6.86. The van der Waals surface area contributed by atoms with Crippen molar-refractivity contribution >= 4 is 34.0 Å². The van der Waals surface area contributed by atoms with Crippen LogP contribution in [0.2, 0.25) is 0 Å². The van der Waals surface area contributed by atoms with Gasteiger partial charge in [-0.15, -0.1) is 11.3 Å². The molecular weight excluding hydrogens is 214 g/mol. The minimum absolute atomic E-state index is 0.903. The maximum atomic E-state index is 4.27. The molecule has 1 N–H and O–H groups in total. The van der Waals surface area contributed by atoms with E-state index < -0.39 is 0 Å². The van der Waals surface area contributed by atoms with Gasteiger partial charge in [-0.2, -0.15) is 5.10 Å². The molecule has 2 rings (SSSR count). The molecule has 0 bridgehead atoms. The highest BCUT2D eigenvalue weighted by Crippen LogP contribution is 2.11. The summed E-state index contributed by atoms with van der Waals surface area (Å²) in [6, 6.07) is 4.09. The van der Waals surface area contributed by atoms with Gasteiger partial charge in [0, 0.05) is 10.6 Å². The molecule has 1 aromatic rings. The standard InChI is InChI=1S/C9H11N3S2/c1-7(8-3-2-5-13-8)11-12-9-10-4-6-14-9/h2-3,5H,4,6H2,1H3,(H,10,12)/b11-7+. The number of thiophene rings is 1. The Kier molecular flexibility index (Phi) is 3.21. The summed E-state index contributed by atoms with van der Waals surface area (Å²) in [4.78, 5) is 5.45. The minimum Gasteiger partial charge on any atom is -0.260 e. The fraction of sp³-hybridized carbons (Fsp3) is 0.333. The quantitative estimate of drug-likeness (QED) is 0.618. The topological polar surface area (TPSA) is 36.8 Å². The number of amidine groups is 1. The number of hydrogen-bond donors (Lipinski definition) is 1. The van der Waals surface area contributed by atoms with Crippen molar-refractivity contribution in [2.24, 2.45) is 10.1 Å². The highest BCUT2D eigenvalue weighted by atomic mass is 32.2. The van der Waals surface area contributed by atoms with Gasteiger partial charge in [0.25, 0.3) is 0 Å². The maximum absolute atomic E-state index is 4.27. The Hall–Kier alpha value is -0.810. The average molecular weight is 225 g/mol. The lowest BCUT2D eigenvalue weighted by atomic mass is 10.3. The number of thioether (sulfide) groups is 1. The van der Waals surface area contributed by atoms with Gasteiger partial charge < -0.3 is 0 Å². The van der Waals surface area contributed by atoms with Crippen molar-refractivity contribution in [3.05, 3.63) is 22.4 Å². The third kappa shape index (κ3) is 2.36. The van der Waals surface area contributed by atoms with Gasteiger partial charge in [-0.3, -0.25) is 10.4 Å². The number of rotatable bonds is 2. The maximum Gasteiger partial charge on any atom is 0.177 e. The summed E-state index contributed by atoms with van der Waals surface area (Å²) in [5, 5.41) is 7.26. The van der Waals surface area contributed by atoms with Crippen LogP contribution in [0.5, 0.6) is 0 Å². The van der Waals surface area contributed by atoms with Crippen molar-refractivity contribution < 1.29 is 0 Å². The van der Waals surface area contributed by atoms with Gasteiger partial charge in [0.2, 0.25) is 0 Å². The number of aliphatic imine (C=N–C) groups is 1. The molecule has 1 aliphatic heterocycles. The second-order valence-corrected chi connectivity index (χ2v) is 4.85. The van der Waals surface area contributed by atoms with Gasteiger partial charge in [0.15, 0.2) is 5.17 Å². The summed E-state index contributed by atoms with van der Waals surface area (Å²) >= 11 is 3.41. The van der Waals surface area contributed by atoms with E-state index in [2.05, 4.69) is 27.0 Å². The molecule has 5 heteroatoms. The minimum atomic E-state index is 0.903. The van der Waals surface area contributed by atoms with Crippen molar-refractivity contribution in [3.63, 3.8) is 0 Å². The van der Waals surface area contributed by atoms with E-state index in [1.807, 2.05) is 13.0 Å². The van der Waals surface area contributed by atoms with Gasteiger partial charge >= 0.3 is 0 Å². The molecule has 3 nitrogen and oxygen atoms in total. The van der Waals surface area contributed by atoms with Crippen LogP contribution >= 0.6 is 23.1 Å². The molecule has 0 radical (unpaired) electrons. The zero-order valence-corrected chi connectivity index (χ0v) is 9.49. The van der Waals surface area contributed by atoms with Gasteiger partial charge in [-0.25, -0.2) is 0 Å². The molecule has 0 saturated carbocycles. The molecule has 0 amide bonds. The van der Waals surface area contributed by atoms with Crippen LogP contribution in [0.4, 0.5) is 0 Å². The van der Waals surface area contributed by atoms with Crippen molar-refractivity contribution in [2.75, 3.05) is 12.3 Å². The van der Waals surface area contributed by atoms with E-state index >= 15 is 0 Å². The van der Waals surface area contributed by atoms with Gasteiger partial charge in [0.05, 0.1) is 12.3 Å². The molecular formula is C9H11N3S2. The van der Waals surface area contributed by atoms with Crippen LogP contribution in [0.25, 0.3) is 0 Å². The number of hydrogen-bond acceptors (Lipinski definition) is 5. The average Bonchev–Trinajstić information content (AvgIpc) is 2.87. The van der Waals surface area contributed by atoms with E-state index in [0.29, 0.717) is 0 Å². The summed E-state index contributed by atoms with van der Waals surface area (Å²) in [6.07, 6.45) is 0.